The highest BCUT2D eigenvalue weighted by atomic mass is 32.2. The molecular formula is C24H42N5O8PS. The number of rotatable bonds is 16. The van der Waals surface area contributed by atoms with Crippen molar-refractivity contribution in [2.45, 2.75) is 81.9 Å². The first-order chi connectivity index (χ1) is 18.6. The molecule has 0 bridgehead atoms. The number of unbranched alkanes of at least 4 members (excludes halogenated alkanes) is 1. The van der Waals surface area contributed by atoms with Crippen LogP contribution in [0.4, 0.5) is 9.59 Å². The molecule has 13 nitrogen and oxygen atoms in total. The molecule has 222 valence electrons. The van der Waals surface area contributed by atoms with Gasteiger partial charge in [0.2, 0.25) is 5.91 Å². The molecular weight excluding hydrogens is 549 g/mol. The lowest BCUT2D eigenvalue weighted by atomic mass is 10.0. The van der Waals surface area contributed by atoms with Gasteiger partial charge in [-0.05, 0) is 33.1 Å². The molecule has 2 saturated heterocycles. The molecule has 4 amide bonds. The molecule has 0 unspecified atom stereocenters. The Kier molecular flexibility index (Phi) is 11.8. The maximum atomic E-state index is 13.4. The molecule has 4 N–H and O–H groups in total. The second kappa shape index (κ2) is 14.6. The van der Waals surface area contributed by atoms with Crippen molar-refractivity contribution in [3.63, 3.8) is 0 Å². The maximum Gasteiger partial charge on any atom is 0.407 e. The minimum absolute atomic E-state index is 0.0303. The fourth-order valence-corrected chi connectivity index (χ4v) is 8.89. The summed E-state index contributed by atoms with van der Waals surface area (Å²) in [6, 6.07) is 0.311. The third-order valence-corrected chi connectivity index (χ3v) is 11.7. The summed E-state index contributed by atoms with van der Waals surface area (Å²) in [5, 5.41) is 22.9. The van der Waals surface area contributed by atoms with E-state index in [1.807, 2.05) is 11.8 Å². The van der Waals surface area contributed by atoms with Crippen LogP contribution < -0.4 is 21.3 Å². The zero-order chi connectivity index (χ0) is 28.5. The zero-order valence-electron chi connectivity index (χ0n) is 22.9. The Morgan fingerprint density at radius 2 is 1.90 bits per heavy atom. The van der Waals surface area contributed by atoms with Crippen molar-refractivity contribution >= 4 is 43.6 Å². The molecule has 0 aliphatic carbocycles. The van der Waals surface area contributed by atoms with E-state index in [0.717, 1.165) is 25.0 Å². The topological polar surface area (TPSA) is 170 Å². The third-order valence-electron chi connectivity index (χ3n) is 7.37. The van der Waals surface area contributed by atoms with Gasteiger partial charge in [0.1, 0.15) is 6.61 Å². The standard InChI is InChI=1S/C24H42N5O8PS/c1-4-36-38(34,37-5-2)24(3)17(11-14-29(24)33)15-35-23(32)26-13-8-12-25-20(30)10-7-6-9-19-21-18(16-39-19)27-22(31)28-21/h14,17-19,21H,4-13,15-16H2,1-3H3,(H,25,30)(H,26,32)(H2,27,28,31)/t17-,18-,19+,21+,24+/m1/s1. The van der Waals surface area contributed by atoms with Gasteiger partial charge in [0, 0.05) is 43.9 Å². The molecule has 3 heterocycles. The number of urea groups is 1. The lowest BCUT2D eigenvalue weighted by molar-refractivity contribution is -0.515. The SMILES string of the molecule is CCOP(=O)(OCC)[C@@]1(C)[C@@H](COC(=O)NCCCNC(=O)CCCC[C@@H]2SC[C@H]3NC(=O)N[C@H]23)CC=[N+]1[O-]. The van der Waals surface area contributed by atoms with Gasteiger partial charge in [0.25, 0.3) is 5.28 Å². The highest BCUT2D eigenvalue weighted by Crippen LogP contribution is 2.64. The van der Waals surface area contributed by atoms with Gasteiger partial charge in [-0.1, -0.05) is 6.42 Å². The van der Waals surface area contributed by atoms with E-state index in [9.17, 15) is 24.2 Å². The van der Waals surface area contributed by atoms with Crippen molar-refractivity contribution < 1.29 is 37.5 Å². The molecule has 0 aromatic rings. The fourth-order valence-electron chi connectivity index (χ4n) is 5.12. The number of nitrogens with zero attached hydrogens (tertiary/aromatic N) is 1. The predicted molar refractivity (Wildman–Crippen MR) is 148 cm³/mol. The first-order valence-electron chi connectivity index (χ1n) is 13.7. The van der Waals surface area contributed by atoms with Crippen LogP contribution in [0.2, 0.25) is 0 Å². The zero-order valence-corrected chi connectivity index (χ0v) is 24.7. The largest absolute Gasteiger partial charge is 0.623 e. The summed E-state index contributed by atoms with van der Waals surface area (Å²) >= 11 is 1.87. The first kappa shape index (κ1) is 31.5. The van der Waals surface area contributed by atoms with Gasteiger partial charge in [0.05, 0.1) is 31.2 Å². The number of hydrogen-bond acceptors (Lipinski definition) is 9. The van der Waals surface area contributed by atoms with Crippen molar-refractivity contribution in [3.05, 3.63) is 5.21 Å². The van der Waals surface area contributed by atoms with Gasteiger partial charge < -0.3 is 40.3 Å². The minimum atomic E-state index is -3.80. The van der Waals surface area contributed by atoms with Crippen LogP contribution in [0.25, 0.3) is 0 Å². The summed E-state index contributed by atoms with van der Waals surface area (Å²) in [7, 11) is -3.80. The number of hydrogen-bond donors (Lipinski definition) is 4. The number of thioether (sulfide) groups is 1. The van der Waals surface area contributed by atoms with Gasteiger partial charge in [-0.15, -0.1) is 0 Å². The number of hydroxylamine groups is 1. The fraction of sp³-hybridized carbons (Fsp3) is 0.833. The molecule has 39 heavy (non-hydrogen) atoms. The number of amides is 4. The van der Waals surface area contributed by atoms with E-state index < -0.39 is 24.9 Å². The van der Waals surface area contributed by atoms with Gasteiger partial charge in [-0.25, -0.2) is 9.59 Å². The number of alkyl carbamates (subject to hydrolysis) is 1. The number of fused-ring (bicyclic) bond motifs is 1. The van der Waals surface area contributed by atoms with Crippen LogP contribution in [0.15, 0.2) is 0 Å². The summed E-state index contributed by atoms with van der Waals surface area (Å²) in [6.07, 6.45) is 4.62. The molecule has 15 heteroatoms. The first-order valence-corrected chi connectivity index (χ1v) is 16.3. The Balaban J connectivity index is 1.26. The predicted octanol–water partition coefficient (Wildman–Crippen LogP) is 2.53. The van der Waals surface area contributed by atoms with E-state index >= 15 is 0 Å². The van der Waals surface area contributed by atoms with Gasteiger partial charge >= 0.3 is 19.7 Å². The number of carbonyl (C=O) groups is 3. The van der Waals surface area contributed by atoms with Crippen LogP contribution in [0.3, 0.4) is 0 Å². The van der Waals surface area contributed by atoms with Crippen LogP contribution in [-0.4, -0.2) is 90.3 Å². The molecule has 5 atom stereocenters. The number of ether oxygens (including phenoxy) is 1. The number of nitrogens with one attached hydrogen (secondary N) is 4. The third kappa shape index (κ3) is 7.80. The lowest BCUT2D eigenvalue weighted by Gasteiger charge is -2.34. The van der Waals surface area contributed by atoms with Crippen molar-refractivity contribution in [2.24, 2.45) is 5.92 Å². The minimum Gasteiger partial charge on any atom is -0.623 e. The maximum absolute atomic E-state index is 13.4. The van der Waals surface area contributed by atoms with Gasteiger partial charge in [-0.2, -0.15) is 16.5 Å². The normalized spacial score (nSPS) is 27.9. The Bertz CT molecular complexity index is 945. The summed E-state index contributed by atoms with van der Waals surface area (Å²) in [6.45, 7) is 5.69. The Morgan fingerprint density at radius 1 is 1.18 bits per heavy atom. The van der Waals surface area contributed by atoms with Crippen molar-refractivity contribution in [1.29, 1.82) is 0 Å². The van der Waals surface area contributed by atoms with E-state index in [1.165, 1.54) is 13.1 Å². The van der Waals surface area contributed by atoms with Crippen molar-refractivity contribution in [1.82, 2.24) is 21.3 Å². The van der Waals surface area contributed by atoms with E-state index in [-0.39, 0.29) is 50.3 Å². The van der Waals surface area contributed by atoms with Gasteiger partial charge in [-0.3, -0.25) is 9.36 Å². The van der Waals surface area contributed by atoms with Crippen LogP contribution in [-0.2, 0) is 23.1 Å². The Hall–Kier alpha value is -2.02. The average molecular weight is 592 g/mol. The Labute approximate surface area is 234 Å². The molecule has 2 fully saturated rings. The molecule has 3 aliphatic heterocycles. The second-order valence-electron chi connectivity index (χ2n) is 9.96. The smallest absolute Gasteiger partial charge is 0.407 e. The van der Waals surface area contributed by atoms with Crippen LogP contribution in [0.1, 0.15) is 59.3 Å². The van der Waals surface area contributed by atoms with Gasteiger partial charge in [0.15, 0.2) is 6.21 Å². The summed E-state index contributed by atoms with van der Waals surface area (Å²) < 4.78 is 30.1. The average Bonchev–Trinajstić information content (AvgIpc) is 3.54. The highest BCUT2D eigenvalue weighted by molar-refractivity contribution is 8.00. The summed E-state index contributed by atoms with van der Waals surface area (Å²) in [4.78, 5) is 35.7. The summed E-state index contributed by atoms with van der Waals surface area (Å²) in [5.41, 5.74) is 0. The second-order valence-corrected chi connectivity index (χ2v) is 13.7. The number of carbonyl (C=O) groups excluding carboxylic acids is 3. The molecule has 0 spiro atoms. The molecule has 0 saturated carbocycles. The van der Waals surface area contributed by atoms with Crippen LogP contribution in [0.5, 0.6) is 0 Å². The monoisotopic (exact) mass is 591 g/mol. The van der Waals surface area contributed by atoms with E-state index in [1.54, 1.807) is 13.8 Å². The van der Waals surface area contributed by atoms with E-state index in [2.05, 4.69) is 21.3 Å². The Morgan fingerprint density at radius 3 is 2.62 bits per heavy atom. The highest BCUT2D eigenvalue weighted by Gasteiger charge is 2.63. The van der Waals surface area contributed by atoms with Crippen molar-refractivity contribution in [2.75, 3.05) is 38.7 Å². The molecule has 3 rings (SSSR count). The quantitative estimate of drug-likeness (QED) is 0.0692. The lowest BCUT2D eigenvalue weighted by Crippen LogP contribution is -2.43. The molecule has 0 radical (unpaired) electrons. The molecule has 0 aromatic heterocycles. The summed E-state index contributed by atoms with van der Waals surface area (Å²) in [5.74, 6) is 0.334. The molecule has 0 aromatic carbocycles. The van der Waals surface area contributed by atoms with Crippen LogP contribution >= 0.6 is 19.4 Å². The van der Waals surface area contributed by atoms with Crippen LogP contribution in [0, 0.1) is 11.1 Å². The van der Waals surface area contributed by atoms with E-state index in [0.29, 0.717) is 35.9 Å². The van der Waals surface area contributed by atoms with Crippen molar-refractivity contribution in [3.8, 4) is 0 Å². The van der Waals surface area contributed by atoms with E-state index in [4.69, 9.17) is 13.8 Å². The molecule has 3 aliphatic rings.